The highest BCUT2D eigenvalue weighted by atomic mass is 35.5. The molecule has 2 heterocycles. The van der Waals surface area contributed by atoms with Crippen LogP contribution in [0.25, 0.3) is 11.1 Å². The van der Waals surface area contributed by atoms with Crippen LogP contribution < -0.4 is 0 Å². The molecule has 4 nitrogen and oxygen atoms in total. The summed E-state index contributed by atoms with van der Waals surface area (Å²) in [5, 5.41) is 0.540. The second-order valence-corrected chi connectivity index (χ2v) is 6.39. The number of fused-ring (bicyclic) bond motifs is 3. The number of rotatable bonds is 2. The van der Waals surface area contributed by atoms with Gasteiger partial charge in [-0.25, -0.2) is 19.4 Å². The van der Waals surface area contributed by atoms with Gasteiger partial charge in [0.05, 0.1) is 5.71 Å². The molecule has 2 aromatic carbocycles. The first-order chi connectivity index (χ1) is 12.6. The normalized spacial score (nSPS) is 15.7. The maximum absolute atomic E-state index is 14.5. The Kier molecular flexibility index (Phi) is 4.26. The summed E-state index contributed by atoms with van der Waals surface area (Å²) < 4.78 is 20.1. The van der Waals surface area contributed by atoms with Crippen LogP contribution in [0.15, 0.2) is 53.7 Å². The number of hydrogen-bond donors (Lipinski definition) is 0. The van der Waals surface area contributed by atoms with Gasteiger partial charge in [0.1, 0.15) is 17.3 Å². The van der Waals surface area contributed by atoms with Crippen LogP contribution in [0.4, 0.5) is 4.39 Å². The molecule has 0 fully saturated rings. The molecule has 1 unspecified atom stereocenters. The molecule has 1 aliphatic heterocycles. The lowest BCUT2D eigenvalue weighted by atomic mass is 9.94. The van der Waals surface area contributed by atoms with E-state index in [0.29, 0.717) is 27.8 Å². The number of nitrogens with zero attached hydrogens (tertiary/aromatic N) is 3. The Morgan fingerprint density at radius 2 is 1.85 bits per heavy atom. The van der Waals surface area contributed by atoms with Crippen molar-refractivity contribution in [1.29, 1.82) is 0 Å². The highest BCUT2D eigenvalue weighted by Gasteiger charge is 2.27. The van der Waals surface area contributed by atoms with E-state index >= 15 is 0 Å². The zero-order valence-electron chi connectivity index (χ0n) is 14.2. The van der Waals surface area contributed by atoms with Crippen LogP contribution in [-0.2, 0) is 4.74 Å². The molecule has 0 saturated heterocycles. The monoisotopic (exact) mass is 367 g/mol. The maximum atomic E-state index is 14.5. The van der Waals surface area contributed by atoms with Crippen LogP contribution >= 0.6 is 11.6 Å². The maximum Gasteiger partial charge on any atom is 0.192 e. The van der Waals surface area contributed by atoms with Crippen molar-refractivity contribution in [3.05, 3.63) is 82.1 Å². The molecule has 4 rings (SSSR count). The zero-order chi connectivity index (χ0) is 18.3. The molecule has 0 saturated carbocycles. The zero-order valence-corrected chi connectivity index (χ0v) is 15.0. The van der Waals surface area contributed by atoms with Gasteiger partial charge in [0.2, 0.25) is 0 Å². The van der Waals surface area contributed by atoms with Crippen LogP contribution in [0, 0.1) is 12.7 Å². The van der Waals surface area contributed by atoms with E-state index in [-0.39, 0.29) is 5.82 Å². The summed E-state index contributed by atoms with van der Waals surface area (Å²) in [6, 6.07) is 12.0. The molecular formula is C20H15ClFN3O. The first kappa shape index (κ1) is 16.8. The third-order valence-corrected chi connectivity index (χ3v) is 4.53. The fourth-order valence-corrected chi connectivity index (χ4v) is 3.28. The molecule has 0 aliphatic carbocycles. The van der Waals surface area contributed by atoms with Crippen LogP contribution in [0.1, 0.15) is 28.9 Å². The fraction of sp³-hybridized carbons (Fsp3) is 0.150. The van der Waals surface area contributed by atoms with Crippen molar-refractivity contribution >= 4 is 17.3 Å². The summed E-state index contributed by atoms with van der Waals surface area (Å²) in [4.78, 5) is 13.5. The molecule has 1 aliphatic rings. The van der Waals surface area contributed by atoms with Crippen molar-refractivity contribution in [2.75, 3.05) is 7.11 Å². The van der Waals surface area contributed by atoms with E-state index in [1.165, 1.54) is 6.07 Å². The lowest BCUT2D eigenvalue weighted by Gasteiger charge is -2.13. The summed E-state index contributed by atoms with van der Waals surface area (Å²) in [5.41, 5.74) is 3.86. The summed E-state index contributed by atoms with van der Waals surface area (Å²) in [6.45, 7) is 1.81. The number of ether oxygens (including phenoxy) is 1. The first-order valence-electron chi connectivity index (χ1n) is 8.08. The SMILES string of the molecule is COC1N=C(c2ccccc2F)c2cc(Cl)ccc2-c2cnc(C)nc21. The largest absolute Gasteiger partial charge is 0.354 e. The van der Waals surface area contributed by atoms with Gasteiger partial charge in [-0.2, -0.15) is 0 Å². The molecule has 3 aromatic rings. The second-order valence-electron chi connectivity index (χ2n) is 5.95. The highest BCUT2D eigenvalue weighted by Crippen LogP contribution is 2.37. The predicted molar refractivity (Wildman–Crippen MR) is 99.0 cm³/mol. The summed E-state index contributed by atoms with van der Waals surface area (Å²) in [5.74, 6) is 0.256. The smallest absolute Gasteiger partial charge is 0.192 e. The van der Waals surface area contributed by atoms with E-state index in [9.17, 15) is 4.39 Å². The van der Waals surface area contributed by atoms with Crippen LogP contribution in [0.5, 0.6) is 0 Å². The van der Waals surface area contributed by atoms with Gasteiger partial charge in [-0.1, -0.05) is 29.8 Å². The Hall–Kier alpha value is -2.63. The Balaban J connectivity index is 2.08. The number of aryl methyl sites for hydroxylation is 1. The van der Waals surface area contributed by atoms with Gasteiger partial charge in [-0.15, -0.1) is 0 Å². The summed E-state index contributed by atoms with van der Waals surface area (Å²) in [6.07, 6.45) is 1.07. The van der Waals surface area contributed by atoms with E-state index < -0.39 is 6.23 Å². The van der Waals surface area contributed by atoms with Crippen molar-refractivity contribution in [2.24, 2.45) is 4.99 Å². The quantitative estimate of drug-likeness (QED) is 0.657. The lowest BCUT2D eigenvalue weighted by Crippen LogP contribution is -2.09. The van der Waals surface area contributed by atoms with Gasteiger partial charge in [0.15, 0.2) is 6.23 Å². The molecular weight excluding hydrogens is 353 g/mol. The minimum atomic E-state index is -0.674. The molecule has 130 valence electrons. The predicted octanol–water partition coefficient (Wildman–Crippen LogP) is 4.74. The molecule has 1 atom stereocenters. The Morgan fingerprint density at radius 3 is 2.62 bits per heavy atom. The van der Waals surface area contributed by atoms with Crippen molar-refractivity contribution in [1.82, 2.24) is 9.97 Å². The van der Waals surface area contributed by atoms with Crippen LogP contribution in [0.3, 0.4) is 0 Å². The topological polar surface area (TPSA) is 47.4 Å². The minimum Gasteiger partial charge on any atom is -0.354 e. The number of aliphatic imine (C=N–C) groups is 1. The van der Waals surface area contributed by atoms with Crippen molar-refractivity contribution < 1.29 is 9.13 Å². The van der Waals surface area contributed by atoms with Crippen molar-refractivity contribution in [3.63, 3.8) is 0 Å². The van der Waals surface area contributed by atoms with E-state index in [0.717, 1.165) is 16.7 Å². The minimum absolute atomic E-state index is 0.361. The van der Waals surface area contributed by atoms with E-state index in [4.69, 9.17) is 21.3 Å². The summed E-state index contributed by atoms with van der Waals surface area (Å²) in [7, 11) is 1.55. The van der Waals surface area contributed by atoms with Gasteiger partial charge in [0, 0.05) is 35.0 Å². The number of benzene rings is 2. The van der Waals surface area contributed by atoms with Crippen molar-refractivity contribution in [3.8, 4) is 11.1 Å². The molecule has 1 aromatic heterocycles. The number of aromatic nitrogens is 2. The second kappa shape index (κ2) is 6.59. The molecule has 0 radical (unpaired) electrons. The van der Waals surface area contributed by atoms with Gasteiger partial charge in [-0.05, 0) is 36.8 Å². The standard InChI is InChI=1S/C20H15ClFN3O/c1-11-23-10-16-13-8-7-12(21)9-15(13)18(14-5-3-4-6-17(14)22)25-20(26-2)19(16)24-11/h3-10,20H,1-2H3. The third-order valence-electron chi connectivity index (χ3n) is 4.30. The van der Waals surface area contributed by atoms with E-state index in [2.05, 4.69) is 9.97 Å². The average molecular weight is 368 g/mol. The van der Waals surface area contributed by atoms with Crippen LogP contribution in [0.2, 0.25) is 5.02 Å². The first-order valence-corrected chi connectivity index (χ1v) is 8.45. The van der Waals surface area contributed by atoms with E-state index in [1.807, 2.05) is 13.0 Å². The number of hydrogen-bond acceptors (Lipinski definition) is 4. The molecule has 0 bridgehead atoms. The highest BCUT2D eigenvalue weighted by molar-refractivity contribution is 6.31. The van der Waals surface area contributed by atoms with E-state index in [1.54, 1.807) is 43.6 Å². The molecule has 6 heteroatoms. The number of methoxy groups -OCH3 is 1. The number of halogens is 2. The van der Waals surface area contributed by atoms with Gasteiger partial charge in [0.25, 0.3) is 0 Å². The van der Waals surface area contributed by atoms with Crippen molar-refractivity contribution in [2.45, 2.75) is 13.2 Å². The third kappa shape index (κ3) is 2.79. The molecule has 0 N–H and O–H groups in total. The fourth-order valence-electron chi connectivity index (χ4n) is 3.11. The molecule has 26 heavy (non-hydrogen) atoms. The lowest BCUT2D eigenvalue weighted by molar-refractivity contribution is 0.108. The average Bonchev–Trinajstić information content (AvgIpc) is 2.76. The molecule has 0 amide bonds. The summed E-state index contributed by atoms with van der Waals surface area (Å²) >= 11 is 6.23. The Morgan fingerprint density at radius 1 is 1.04 bits per heavy atom. The van der Waals surface area contributed by atoms with Gasteiger partial charge in [-0.3, -0.25) is 0 Å². The molecule has 0 spiro atoms. The Labute approximate surface area is 155 Å². The van der Waals surface area contributed by atoms with Gasteiger partial charge >= 0.3 is 0 Å². The van der Waals surface area contributed by atoms with Crippen LogP contribution in [-0.4, -0.2) is 22.8 Å². The van der Waals surface area contributed by atoms with Gasteiger partial charge < -0.3 is 4.74 Å². The Bertz CT molecular complexity index is 1040.